The van der Waals surface area contributed by atoms with Crippen molar-refractivity contribution in [3.63, 3.8) is 0 Å². The van der Waals surface area contributed by atoms with Gasteiger partial charge in [0.2, 0.25) is 0 Å². The first kappa shape index (κ1) is 20.5. The molecule has 2 bridgehead atoms. The minimum atomic E-state index is -1.14. The Hall–Kier alpha value is -2.25. The van der Waals surface area contributed by atoms with Gasteiger partial charge in [0.25, 0.3) is 5.91 Å². The van der Waals surface area contributed by atoms with Crippen LogP contribution in [-0.4, -0.2) is 36.2 Å². The highest BCUT2D eigenvalue weighted by atomic mass is 79.9. The number of carboxylic acid groups (broad SMARTS) is 1. The van der Waals surface area contributed by atoms with Gasteiger partial charge in [0.15, 0.2) is 0 Å². The van der Waals surface area contributed by atoms with Crippen molar-refractivity contribution in [2.24, 2.45) is 0 Å². The van der Waals surface area contributed by atoms with Crippen LogP contribution in [0.15, 0.2) is 40.9 Å². The van der Waals surface area contributed by atoms with Gasteiger partial charge < -0.3 is 19.9 Å². The second-order valence-corrected chi connectivity index (χ2v) is 7.70. The van der Waals surface area contributed by atoms with Crippen LogP contribution in [0.3, 0.4) is 0 Å². The molecule has 148 valence electrons. The molecule has 0 aromatic heterocycles. The molecule has 1 atom stereocenters. The summed E-state index contributed by atoms with van der Waals surface area (Å²) in [4.78, 5) is 24.5. The van der Waals surface area contributed by atoms with E-state index < -0.39 is 17.9 Å². The monoisotopic (exact) mass is 467 g/mol. The standard InChI is InChI=1S/C20H19BrClNO5/c21-13-4-6-17-14(11-13)19(24)23-16(20(25)26)10-12-3-5-18(15(22)9-12)28-8-2-1-7-27-17/h3-6,9,11,16H,1-2,7-8,10H2,(H,23,24)(H,25,26)/t16-/m0/s1. The van der Waals surface area contributed by atoms with E-state index >= 15 is 0 Å². The lowest BCUT2D eigenvalue weighted by Gasteiger charge is -2.18. The second kappa shape index (κ2) is 9.30. The Bertz CT molecular complexity index is 889. The van der Waals surface area contributed by atoms with Crippen molar-refractivity contribution < 1.29 is 24.2 Å². The lowest BCUT2D eigenvalue weighted by atomic mass is 10.0. The van der Waals surface area contributed by atoms with Crippen molar-refractivity contribution in [2.75, 3.05) is 13.2 Å². The average molecular weight is 469 g/mol. The number of hydrogen-bond donors (Lipinski definition) is 2. The summed E-state index contributed by atoms with van der Waals surface area (Å²) in [6.07, 6.45) is 1.58. The van der Waals surface area contributed by atoms with Crippen molar-refractivity contribution in [1.29, 1.82) is 0 Å². The molecule has 0 fully saturated rings. The Morgan fingerprint density at radius 2 is 1.79 bits per heavy atom. The number of aliphatic carboxylic acids is 1. The molecular weight excluding hydrogens is 450 g/mol. The topological polar surface area (TPSA) is 84.9 Å². The number of hydrogen-bond acceptors (Lipinski definition) is 4. The first-order valence-electron chi connectivity index (χ1n) is 8.81. The molecule has 2 aromatic carbocycles. The Labute approximate surface area is 175 Å². The van der Waals surface area contributed by atoms with Gasteiger partial charge in [-0.25, -0.2) is 4.79 Å². The SMILES string of the molecule is O=C1N[C@H](C(=O)O)Cc2ccc(c(Cl)c2)OCCCCOc2ccc(Br)cc21. The van der Waals surface area contributed by atoms with Gasteiger partial charge in [0.1, 0.15) is 17.5 Å². The van der Waals surface area contributed by atoms with Crippen molar-refractivity contribution in [1.82, 2.24) is 5.32 Å². The van der Waals surface area contributed by atoms with Crippen LogP contribution in [0, 0.1) is 0 Å². The predicted molar refractivity (Wildman–Crippen MR) is 108 cm³/mol. The van der Waals surface area contributed by atoms with E-state index in [1.165, 1.54) is 0 Å². The molecule has 1 amide bonds. The van der Waals surface area contributed by atoms with E-state index in [4.69, 9.17) is 21.1 Å². The molecule has 6 nitrogen and oxygen atoms in total. The summed E-state index contributed by atoms with van der Waals surface area (Å²) in [5.74, 6) is -0.695. The zero-order chi connectivity index (χ0) is 20.1. The summed E-state index contributed by atoms with van der Waals surface area (Å²) in [6, 6.07) is 9.09. The minimum Gasteiger partial charge on any atom is -0.493 e. The first-order valence-corrected chi connectivity index (χ1v) is 9.98. The number of nitrogens with one attached hydrogen (secondary N) is 1. The van der Waals surface area contributed by atoms with E-state index in [9.17, 15) is 14.7 Å². The number of carbonyl (C=O) groups excluding carboxylic acids is 1. The minimum absolute atomic E-state index is 0.0886. The zero-order valence-electron chi connectivity index (χ0n) is 14.9. The van der Waals surface area contributed by atoms with Gasteiger partial charge in [-0.2, -0.15) is 0 Å². The molecule has 2 aliphatic heterocycles. The van der Waals surface area contributed by atoms with Gasteiger partial charge in [0, 0.05) is 10.9 Å². The molecule has 0 saturated heterocycles. The summed E-state index contributed by atoms with van der Waals surface area (Å²) in [6.45, 7) is 0.883. The third-order valence-corrected chi connectivity index (χ3v) is 5.07. The van der Waals surface area contributed by atoms with Crippen molar-refractivity contribution >= 4 is 39.4 Å². The Kier molecular flexibility index (Phi) is 6.80. The summed E-state index contributed by atoms with van der Waals surface area (Å²) >= 11 is 9.58. The molecule has 0 spiro atoms. The third kappa shape index (κ3) is 5.17. The van der Waals surface area contributed by atoms with Crippen molar-refractivity contribution in [3.05, 3.63) is 57.0 Å². The maximum Gasteiger partial charge on any atom is 0.326 e. The highest BCUT2D eigenvalue weighted by Gasteiger charge is 2.24. The largest absolute Gasteiger partial charge is 0.493 e. The Morgan fingerprint density at radius 1 is 1.11 bits per heavy atom. The number of amides is 1. The fourth-order valence-corrected chi connectivity index (χ4v) is 3.45. The van der Waals surface area contributed by atoms with E-state index in [0.29, 0.717) is 39.8 Å². The van der Waals surface area contributed by atoms with Gasteiger partial charge in [-0.05, 0) is 48.7 Å². The van der Waals surface area contributed by atoms with Crippen LogP contribution in [0.1, 0.15) is 28.8 Å². The quantitative estimate of drug-likeness (QED) is 0.659. The highest BCUT2D eigenvalue weighted by Crippen LogP contribution is 2.27. The van der Waals surface area contributed by atoms with Crippen molar-refractivity contribution in [3.8, 4) is 11.5 Å². The molecule has 2 aromatic rings. The molecule has 2 aliphatic rings. The Morgan fingerprint density at radius 3 is 2.46 bits per heavy atom. The van der Waals surface area contributed by atoms with Crippen molar-refractivity contribution in [2.45, 2.75) is 25.3 Å². The van der Waals surface area contributed by atoms with Gasteiger partial charge in [0.05, 0.1) is 23.8 Å². The predicted octanol–water partition coefficient (Wildman–Crippen LogP) is 4.08. The highest BCUT2D eigenvalue weighted by molar-refractivity contribution is 9.10. The number of carbonyl (C=O) groups is 2. The van der Waals surface area contributed by atoms with Crippen LogP contribution in [0.25, 0.3) is 0 Å². The number of fused-ring (bicyclic) bond motifs is 10. The Balaban J connectivity index is 1.93. The molecular formula is C20H19BrClNO5. The lowest BCUT2D eigenvalue weighted by molar-refractivity contribution is -0.139. The van der Waals surface area contributed by atoms with Crippen LogP contribution in [0.2, 0.25) is 5.02 Å². The van der Waals surface area contributed by atoms with Gasteiger partial charge in [-0.3, -0.25) is 4.79 Å². The second-order valence-electron chi connectivity index (χ2n) is 6.38. The van der Waals surface area contributed by atoms with Crippen LogP contribution in [-0.2, 0) is 11.2 Å². The molecule has 4 rings (SSSR count). The summed E-state index contributed by atoms with van der Waals surface area (Å²) in [5, 5.41) is 12.5. The number of benzene rings is 2. The molecule has 28 heavy (non-hydrogen) atoms. The fourth-order valence-electron chi connectivity index (χ4n) is 2.83. The fraction of sp³-hybridized carbons (Fsp3) is 0.300. The summed E-state index contributed by atoms with van der Waals surface area (Å²) in [5.41, 5.74) is 0.959. The number of halogens is 2. The molecule has 2 heterocycles. The van der Waals surface area contributed by atoms with Gasteiger partial charge >= 0.3 is 5.97 Å². The smallest absolute Gasteiger partial charge is 0.326 e. The third-order valence-electron chi connectivity index (χ3n) is 4.28. The molecule has 2 N–H and O–H groups in total. The molecule has 0 radical (unpaired) electrons. The van der Waals surface area contributed by atoms with E-state index in [1.807, 2.05) is 0 Å². The summed E-state index contributed by atoms with van der Waals surface area (Å²) < 4.78 is 12.1. The first-order chi connectivity index (χ1) is 13.4. The zero-order valence-corrected chi connectivity index (χ0v) is 17.3. The number of rotatable bonds is 1. The average Bonchev–Trinajstić information content (AvgIpc) is 2.65. The van der Waals surface area contributed by atoms with Crippen LogP contribution < -0.4 is 14.8 Å². The van der Waals surface area contributed by atoms with E-state index in [-0.39, 0.29) is 12.0 Å². The molecule has 0 unspecified atom stereocenters. The normalized spacial score (nSPS) is 17.8. The molecule has 0 aliphatic carbocycles. The van der Waals surface area contributed by atoms with E-state index in [2.05, 4.69) is 21.2 Å². The molecule has 0 saturated carbocycles. The van der Waals surface area contributed by atoms with Crippen LogP contribution in [0.4, 0.5) is 0 Å². The van der Waals surface area contributed by atoms with Crippen LogP contribution in [0.5, 0.6) is 11.5 Å². The number of carboxylic acids is 1. The van der Waals surface area contributed by atoms with E-state index in [0.717, 1.165) is 12.8 Å². The van der Waals surface area contributed by atoms with E-state index in [1.54, 1.807) is 36.4 Å². The van der Waals surface area contributed by atoms with Gasteiger partial charge in [-0.1, -0.05) is 33.6 Å². The lowest BCUT2D eigenvalue weighted by Crippen LogP contribution is -2.42. The van der Waals surface area contributed by atoms with Gasteiger partial charge in [-0.15, -0.1) is 0 Å². The molecule has 8 heteroatoms. The van der Waals surface area contributed by atoms with Crippen LogP contribution >= 0.6 is 27.5 Å². The maximum absolute atomic E-state index is 12.8. The summed E-state index contributed by atoms with van der Waals surface area (Å²) in [7, 11) is 0. The number of ether oxygens (including phenoxy) is 2. The maximum atomic E-state index is 12.8.